The molecule has 0 bridgehead atoms. The highest BCUT2D eigenvalue weighted by Gasteiger charge is 2.29. The van der Waals surface area contributed by atoms with Gasteiger partial charge < -0.3 is 14.6 Å². The number of hydrogen-bond donors (Lipinski definition) is 1. The number of benzene rings is 1. The van der Waals surface area contributed by atoms with Crippen LogP contribution < -0.4 is 0 Å². The van der Waals surface area contributed by atoms with Crippen molar-refractivity contribution in [3.05, 3.63) is 29.8 Å². The fourth-order valence-electron chi connectivity index (χ4n) is 1.49. The highest BCUT2D eigenvalue weighted by atomic mass is 16.6. The summed E-state index contributed by atoms with van der Waals surface area (Å²) in [5.74, 6) is -3.01. The molecule has 0 unspecified atom stereocenters. The summed E-state index contributed by atoms with van der Waals surface area (Å²) in [6, 6.07) is 4.24. The number of ether oxygens (including phenoxy) is 2. The lowest BCUT2D eigenvalue weighted by molar-refractivity contribution is -0.156. The number of carboxylic acids is 1. The van der Waals surface area contributed by atoms with E-state index in [1.165, 1.54) is 18.2 Å². The second-order valence-corrected chi connectivity index (χ2v) is 3.94. The van der Waals surface area contributed by atoms with E-state index in [1.807, 2.05) is 0 Å². The third kappa shape index (κ3) is 4.65. The van der Waals surface area contributed by atoms with Crippen molar-refractivity contribution >= 4 is 23.6 Å². The van der Waals surface area contributed by atoms with E-state index in [-0.39, 0.29) is 24.5 Å². The van der Waals surface area contributed by atoms with Crippen LogP contribution in [-0.2, 0) is 19.1 Å². The number of aromatic carboxylic acids is 1. The van der Waals surface area contributed by atoms with Crippen molar-refractivity contribution in [2.24, 2.45) is 10.2 Å². The number of carbonyl (C=O) groups is 3. The Morgan fingerprint density at radius 2 is 1.64 bits per heavy atom. The van der Waals surface area contributed by atoms with Crippen molar-refractivity contribution < 1.29 is 29.0 Å². The number of nitrogens with zero attached hydrogens (tertiary/aromatic N) is 2. The van der Waals surface area contributed by atoms with Crippen molar-refractivity contribution in [2.75, 3.05) is 13.2 Å². The molecule has 0 fully saturated rings. The van der Waals surface area contributed by atoms with Crippen LogP contribution in [-0.4, -0.2) is 42.3 Å². The van der Waals surface area contributed by atoms with Gasteiger partial charge in [0.2, 0.25) is 0 Å². The highest BCUT2D eigenvalue weighted by Crippen LogP contribution is 2.19. The fourth-order valence-corrected chi connectivity index (χ4v) is 1.49. The Balaban J connectivity index is 3.05. The molecule has 0 atom stereocenters. The van der Waals surface area contributed by atoms with Crippen LogP contribution in [0.5, 0.6) is 0 Å². The Kier molecular flexibility index (Phi) is 6.68. The third-order valence-electron chi connectivity index (χ3n) is 2.44. The van der Waals surface area contributed by atoms with Crippen molar-refractivity contribution in [3.63, 3.8) is 0 Å². The Bertz CT molecular complexity index is 566. The van der Waals surface area contributed by atoms with E-state index >= 15 is 0 Å². The lowest BCUT2D eigenvalue weighted by atomic mass is 10.2. The largest absolute Gasteiger partial charge is 0.478 e. The first kappa shape index (κ1) is 17.3. The Hall–Kier alpha value is -2.77. The maximum atomic E-state index is 11.7. The quantitative estimate of drug-likeness (QED) is 0.468. The van der Waals surface area contributed by atoms with Crippen LogP contribution in [0.4, 0.5) is 5.69 Å². The molecule has 0 aliphatic rings. The SMILES string of the molecule is CCOC(=O)C(N=Nc1ccccc1C(=O)O)C(=O)OCC. The maximum Gasteiger partial charge on any atom is 0.344 e. The Morgan fingerprint density at radius 3 is 2.14 bits per heavy atom. The molecule has 0 aliphatic heterocycles. The topological polar surface area (TPSA) is 115 Å². The van der Waals surface area contributed by atoms with Crippen LogP contribution in [0.3, 0.4) is 0 Å². The van der Waals surface area contributed by atoms with Crippen LogP contribution in [0.25, 0.3) is 0 Å². The monoisotopic (exact) mass is 308 g/mol. The zero-order chi connectivity index (χ0) is 16.5. The van der Waals surface area contributed by atoms with Crippen molar-refractivity contribution in [1.82, 2.24) is 0 Å². The molecule has 8 heteroatoms. The standard InChI is InChI=1S/C14H16N2O6/c1-3-21-13(19)11(14(20)22-4-2)16-15-10-8-6-5-7-9(10)12(17)18/h5-8,11H,3-4H2,1-2H3,(H,17,18). The van der Waals surface area contributed by atoms with Crippen LogP contribution in [0.1, 0.15) is 24.2 Å². The summed E-state index contributed by atoms with van der Waals surface area (Å²) < 4.78 is 9.46. The first-order chi connectivity index (χ1) is 10.5. The normalized spacial score (nSPS) is 10.7. The van der Waals surface area contributed by atoms with Gasteiger partial charge in [-0.3, -0.25) is 0 Å². The van der Waals surface area contributed by atoms with Gasteiger partial charge in [-0.2, -0.15) is 10.2 Å². The van der Waals surface area contributed by atoms with Gasteiger partial charge in [-0.1, -0.05) is 12.1 Å². The summed E-state index contributed by atoms with van der Waals surface area (Å²) in [6.45, 7) is 3.29. The molecular formula is C14H16N2O6. The van der Waals surface area contributed by atoms with Gasteiger partial charge in [-0.05, 0) is 26.0 Å². The van der Waals surface area contributed by atoms with E-state index < -0.39 is 23.9 Å². The molecule has 1 aromatic carbocycles. The zero-order valence-electron chi connectivity index (χ0n) is 12.2. The fraction of sp³-hybridized carbons (Fsp3) is 0.357. The van der Waals surface area contributed by atoms with Gasteiger partial charge in [0.15, 0.2) is 0 Å². The molecule has 0 radical (unpaired) electrons. The number of esters is 2. The average Bonchev–Trinajstić information content (AvgIpc) is 2.48. The van der Waals surface area contributed by atoms with E-state index in [0.29, 0.717) is 0 Å². The van der Waals surface area contributed by atoms with Crippen molar-refractivity contribution in [1.29, 1.82) is 0 Å². The molecule has 0 saturated heterocycles. The molecule has 22 heavy (non-hydrogen) atoms. The highest BCUT2D eigenvalue weighted by molar-refractivity contribution is 5.99. The van der Waals surface area contributed by atoms with Gasteiger partial charge in [0.05, 0.1) is 24.5 Å². The Labute approximate surface area is 126 Å². The first-order valence-electron chi connectivity index (χ1n) is 6.57. The molecule has 1 rings (SSSR count). The van der Waals surface area contributed by atoms with Gasteiger partial charge in [-0.25, -0.2) is 14.4 Å². The lowest BCUT2D eigenvalue weighted by Gasteiger charge is -2.09. The summed E-state index contributed by atoms with van der Waals surface area (Å²) >= 11 is 0. The molecular weight excluding hydrogens is 292 g/mol. The summed E-state index contributed by atoms with van der Waals surface area (Å²) in [5.41, 5.74) is -0.0775. The van der Waals surface area contributed by atoms with Crippen molar-refractivity contribution in [3.8, 4) is 0 Å². The van der Waals surface area contributed by atoms with E-state index in [2.05, 4.69) is 10.2 Å². The number of hydrogen-bond acceptors (Lipinski definition) is 7. The number of carboxylic acid groups (broad SMARTS) is 1. The molecule has 0 aromatic heterocycles. The molecule has 0 aliphatic carbocycles. The van der Waals surface area contributed by atoms with Gasteiger partial charge in [0.25, 0.3) is 6.04 Å². The zero-order valence-corrected chi connectivity index (χ0v) is 12.2. The van der Waals surface area contributed by atoms with Crippen LogP contribution in [0, 0.1) is 0 Å². The number of azo groups is 1. The minimum absolute atomic E-state index is 0.0218. The van der Waals surface area contributed by atoms with Crippen LogP contribution >= 0.6 is 0 Å². The summed E-state index contributed by atoms with van der Waals surface area (Å²) in [6.07, 6.45) is 0. The summed E-state index contributed by atoms with van der Waals surface area (Å²) in [7, 11) is 0. The lowest BCUT2D eigenvalue weighted by Crippen LogP contribution is -2.31. The van der Waals surface area contributed by atoms with Crippen LogP contribution in [0.2, 0.25) is 0 Å². The van der Waals surface area contributed by atoms with Crippen LogP contribution in [0.15, 0.2) is 34.5 Å². The maximum absolute atomic E-state index is 11.7. The molecule has 118 valence electrons. The van der Waals surface area contributed by atoms with E-state index in [4.69, 9.17) is 14.6 Å². The molecule has 0 spiro atoms. The summed E-state index contributed by atoms with van der Waals surface area (Å²) in [5, 5.41) is 16.3. The van der Waals surface area contributed by atoms with Gasteiger partial charge in [-0.15, -0.1) is 0 Å². The van der Waals surface area contributed by atoms with E-state index in [0.717, 1.165) is 0 Å². The summed E-state index contributed by atoms with van der Waals surface area (Å²) in [4.78, 5) is 34.5. The van der Waals surface area contributed by atoms with Gasteiger partial charge in [0, 0.05) is 0 Å². The minimum Gasteiger partial charge on any atom is -0.478 e. The molecule has 1 N–H and O–H groups in total. The number of carbonyl (C=O) groups excluding carboxylic acids is 2. The predicted octanol–water partition coefficient (Wildman–Crippen LogP) is 1.96. The predicted molar refractivity (Wildman–Crippen MR) is 75.0 cm³/mol. The third-order valence-corrected chi connectivity index (χ3v) is 2.44. The van der Waals surface area contributed by atoms with Gasteiger partial charge >= 0.3 is 17.9 Å². The van der Waals surface area contributed by atoms with E-state index in [1.54, 1.807) is 19.9 Å². The van der Waals surface area contributed by atoms with E-state index in [9.17, 15) is 14.4 Å². The Morgan fingerprint density at radius 1 is 1.09 bits per heavy atom. The molecule has 0 amide bonds. The molecule has 1 aromatic rings. The average molecular weight is 308 g/mol. The number of rotatable bonds is 7. The molecule has 0 saturated carbocycles. The smallest absolute Gasteiger partial charge is 0.344 e. The van der Waals surface area contributed by atoms with Gasteiger partial charge in [0.1, 0.15) is 0 Å². The molecule has 8 nitrogen and oxygen atoms in total. The second-order valence-electron chi connectivity index (χ2n) is 3.94. The first-order valence-corrected chi connectivity index (χ1v) is 6.57. The van der Waals surface area contributed by atoms with Crippen molar-refractivity contribution in [2.45, 2.75) is 19.9 Å². The minimum atomic E-state index is -1.58. The second kappa shape index (κ2) is 8.50. The molecule has 0 heterocycles.